The molecule has 0 saturated carbocycles. The number of carbonyl (C=O) groups is 4. The molecule has 0 radical (unpaired) electrons. The van der Waals surface area contributed by atoms with Crippen molar-refractivity contribution in [2.75, 3.05) is 18.5 Å². The number of carbonyl (C=O) groups excluding carboxylic acids is 4. The van der Waals surface area contributed by atoms with Crippen LogP contribution in [0.15, 0.2) is 28.9 Å². The third-order valence-corrected chi connectivity index (χ3v) is 5.67. The van der Waals surface area contributed by atoms with E-state index >= 15 is 0 Å². The van der Waals surface area contributed by atoms with Gasteiger partial charge in [0.2, 0.25) is 5.91 Å². The number of esters is 1. The minimum absolute atomic E-state index is 0.206. The molecular weight excluding hydrogens is 398 g/mol. The van der Waals surface area contributed by atoms with Gasteiger partial charge in [-0.15, -0.1) is 11.3 Å². The van der Waals surface area contributed by atoms with Gasteiger partial charge in [-0.2, -0.15) is 0 Å². The van der Waals surface area contributed by atoms with Gasteiger partial charge >= 0.3 is 12.0 Å². The number of rotatable bonds is 7. The standard InChI is InChI=1S/C19H21N3O6S/c1-4-11-9-12(16(24)27-5-2)15(29-11)20-14(23)10-22-17(25)19(3,21-18(22)26)13-7-6-8-28-13/h6-9H,4-5,10H2,1-3H3,(H,20,23)(H,21,26). The predicted molar refractivity (Wildman–Crippen MR) is 105 cm³/mol. The minimum atomic E-state index is -1.38. The summed E-state index contributed by atoms with van der Waals surface area (Å²) in [7, 11) is 0. The molecule has 3 rings (SSSR count). The SMILES string of the molecule is CCOC(=O)c1cc(CC)sc1NC(=O)CN1C(=O)NC(C)(c2ccco2)C1=O. The van der Waals surface area contributed by atoms with Crippen LogP contribution in [0.25, 0.3) is 0 Å². The highest BCUT2D eigenvalue weighted by molar-refractivity contribution is 7.16. The highest BCUT2D eigenvalue weighted by Crippen LogP contribution is 2.31. The van der Waals surface area contributed by atoms with E-state index in [1.807, 2.05) is 6.92 Å². The van der Waals surface area contributed by atoms with Gasteiger partial charge in [0.1, 0.15) is 17.3 Å². The van der Waals surface area contributed by atoms with E-state index in [9.17, 15) is 19.2 Å². The Morgan fingerprint density at radius 1 is 1.34 bits per heavy atom. The van der Waals surface area contributed by atoms with Crippen molar-refractivity contribution in [2.24, 2.45) is 0 Å². The fraction of sp³-hybridized carbons (Fsp3) is 0.368. The van der Waals surface area contributed by atoms with E-state index < -0.39 is 35.9 Å². The van der Waals surface area contributed by atoms with Crippen LogP contribution in [0.4, 0.5) is 9.80 Å². The van der Waals surface area contributed by atoms with Crippen LogP contribution < -0.4 is 10.6 Å². The number of thiophene rings is 1. The van der Waals surface area contributed by atoms with Crippen LogP contribution in [-0.4, -0.2) is 41.9 Å². The molecule has 0 aliphatic carbocycles. The number of imide groups is 1. The average molecular weight is 419 g/mol. The number of hydrogen-bond donors (Lipinski definition) is 2. The van der Waals surface area contributed by atoms with Crippen molar-refractivity contribution in [3.63, 3.8) is 0 Å². The summed E-state index contributed by atoms with van der Waals surface area (Å²) in [6, 6.07) is 4.15. The number of nitrogens with zero attached hydrogens (tertiary/aromatic N) is 1. The summed E-state index contributed by atoms with van der Waals surface area (Å²) in [5.41, 5.74) is -1.13. The maximum Gasteiger partial charge on any atom is 0.341 e. The lowest BCUT2D eigenvalue weighted by Gasteiger charge is -2.18. The second-order valence-electron chi connectivity index (χ2n) is 6.50. The van der Waals surface area contributed by atoms with Gasteiger partial charge in [-0.1, -0.05) is 6.92 Å². The molecule has 1 atom stereocenters. The summed E-state index contributed by atoms with van der Waals surface area (Å²) < 4.78 is 10.3. The zero-order valence-corrected chi connectivity index (χ0v) is 17.1. The number of nitrogens with one attached hydrogen (secondary N) is 2. The van der Waals surface area contributed by atoms with E-state index in [1.54, 1.807) is 25.1 Å². The van der Waals surface area contributed by atoms with Crippen molar-refractivity contribution in [3.05, 3.63) is 40.7 Å². The summed E-state index contributed by atoms with van der Waals surface area (Å²) in [6.07, 6.45) is 2.08. The molecule has 1 fully saturated rings. The van der Waals surface area contributed by atoms with Gasteiger partial charge in [0.05, 0.1) is 18.4 Å². The maximum atomic E-state index is 12.8. The van der Waals surface area contributed by atoms with Crippen LogP contribution in [0.3, 0.4) is 0 Å². The molecule has 29 heavy (non-hydrogen) atoms. The van der Waals surface area contributed by atoms with Crippen LogP contribution in [0.1, 0.15) is 41.8 Å². The normalized spacial score (nSPS) is 18.7. The zero-order chi connectivity index (χ0) is 21.2. The molecule has 1 aliphatic rings. The van der Waals surface area contributed by atoms with E-state index in [4.69, 9.17) is 9.15 Å². The Morgan fingerprint density at radius 2 is 2.10 bits per heavy atom. The fourth-order valence-electron chi connectivity index (χ4n) is 2.95. The van der Waals surface area contributed by atoms with Crippen molar-refractivity contribution in [3.8, 4) is 0 Å². The molecule has 0 bridgehead atoms. The van der Waals surface area contributed by atoms with Crippen molar-refractivity contribution in [2.45, 2.75) is 32.7 Å². The van der Waals surface area contributed by atoms with Crippen LogP contribution >= 0.6 is 11.3 Å². The van der Waals surface area contributed by atoms with Crippen molar-refractivity contribution in [1.29, 1.82) is 0 Å². The number of urea groups is 1. The minimum Gasteiger partial charge on any atom is -0.466 e. The number of amides is 4. The highest BCUT2D eigenvalue weighted by atomic mass is 32.1. The van der Waals surface area contributed by atoms with Gasteiger partial charge in [-0.05, 0) is 38.5 Å². The Balaban J connectivity index is 1.75. The van der Waals surface area contributed by atoms with E-state index in [0.717, 1.165) is 9.78 Å². The van der Waals surface area contributed by atoms with Crippen molar-refractivity contribution in [1.82, 2.24) is 10.2 Å². The van der Waals surface area contributed by atoms with E-state index in [1.165, 1.54) is 24.5 Å². The first-order chi connectivity index (χ1) is 13.8. The lowest BCUT2D eigenvalue weighted by atomic mass is 9.99. The first-order valence-corrected chi connectivity index (χ1v) is 9.89. The molecular formula is C19H21N3O6S. The molecule has 3 heterocycles. The molecule has 1 aliphatic heterocycles. The van der Waals surface area contributed by atoms with Crippen LogP contribution in [0.2, 0.25) is 0 Å². The Morgan fingerprint density at radius 3 is 2.72 bits per heavy atom. The van der Waals surface area contributed by atoms with Gasteiger partial charge in [-0.3, -0.25) is 14.5 Å². The molecule has 154 valence electrons. The second kappa shape index (κ2) is 8.08. The quantitative estimate of drug-likeness (QED) is 0.526. The molecule has 2 N–H and O–H groups in total. The summed E-state index contributed by atoms with van der Waals surface area (Å²) in [5.74, 6) is -1.47. The number of ether oxygens (including phenoxy) is 1. The first kappa shape index (κ1) is 20.6. The van der Waals surface area contributed by atoms with Crippen LogP contribution in [-0.2, 0) is 26.3 Å². The zero-order valence-electron chi connectivity index (χ0n) is 16.2. The number of anilines is 1. The predicted octanol–water partition coefficient (Wildman–Crippen LogP) is 2.49. The van der Waals surface area contributed by atoms with E-state index in [0.29, 0.717) is 11.4 Å². The second-order valence-corrected chi connectivity index (χ2v) is 7.64. The lowest BCUT2D eigenvalue weighted by Crippen LogP contribution is -2.41. The summed E-state index contributed by atoms with van der Waals surface area (Å²) in [4.78, 5) is 51.4. The largest absolute Gasteiger partial charge is 0.466 e. The third-order valence-electron chi connectivity index (χ3n) is 4.47. The lowest BCUT2D eigenvalue weighted by molar-refractivity contribution is -0.134. The first-order valence-electron chi connectivity index (χ1n) is 9.07. The summed E-state index contributed by atoms with van der Waals surface area (Å²) in [6.45, 7) is 4.83. The molecule has 2 aromatic rings. The molecule has 9 nitrogen and oxygen atoms in total. The average Bonchev–Trinajstić information content (AvgIpc) is 3.39. The molecule has 0 aromatic carbocycles. The van der Waals surface area contributed by atoms with Crippen LogP contribution in [0, 0.1) is 0 Å². The van der Waals surface area contributed by atoms with Crippen molar-refractivity contribution >= 4 is 40.2 Å². The highest BCUT2D eigenvalue weighted by Gasteiger charge is 2.51. The topological polar surface area (TPSA) is 118 Å². The van der Waals surface area contributed by atoms with E-state index in [2.05, 4.69) is 10.6 Å². The van der Waals surface area contributed by atoms with Gasteiger partial charge in [0.25, 0.3) is 5.91 Å². The third kappa shape index (κ3) is 3.88. The van der Waals surface area contributed by atoms with E-state index in [-0.39, 0.29) is 17.9 Å². The smallest absolute Gasteiger partial charge is 0.341 e. The maximum absolute atomic E-state index is 12.8. The Kier molecular flexibility index (Phi) is 5.73. The van der Waals surface area contributed by atoms with Gasteiger partial charge in [-0.25, -0.2) is 9.59 Å². The molecule has 0 spiro atoms. The summed E-state index contributed by atoms with van der Waals surface area (Å²) >= 11 is 1.25. The fourth-order valence-corrected chi connectivity index (χ4v) is 3.95. The van der Waals surface area contributed by atoms with Crippen LogP contribution in [0.5, 0.6) is 0 Å². The number of hydrogen-bond acceptors (Lipinski definition) is 7. The summed E-state index contributed by atoms with van der Waals surface area (Å²) in [5, 5.41) is 5.49. The molecule has 1 saturated heterocycles. The molecule has 10 heteroatoms. The Bertz CT molecular complexity index is 951. The van der Waals surface area contributed by atoms with Gasteiger partial charge in [0.15, 0.2) is 5.54 Å². The monoisotopic (exact) mass is 419 g/mol. The number of aryl methyl sites for hydroxylation is 1. The van der Waals surface area contributed by atoms with Gasteiger partial charge in [0, 0.05) is 4.88 Å². The van der Waals surface area contributed by atoms with Gasteiger partial charge < -0.3 is 19.8 Å². The molecule has 1 unspecified atom stereocenters. The molecule has 2 aromatic heterocycles. The number of furan rings is 1. The Hall–Kier alpha value is -3.14. The Labute approximate surface area is 171 Å². The van der Waals surface area contributed by atoms with Crippen molar-refractivity contribution < 1.29 is 28.3 Å². The molecule has 4 amide bonds.